The van der Waals surface area contributed by atoms with Crippen molar-refractivity contribution in [2.75, 3.05) is 12.8 Å². The van der Waals surface area contributed by atoms with Crippen molar-refractivity contribution >= 4 is 15.0 Å². The Morgan fingerprint density at radius 3 is 2.88 bits per heavy atom. The Morgan fingerprint density at radius 1 is 1.75 bits per heavy atom. The van der Waals surface area contributed by atoms with E-state index < -0.39 is 9.04 Å². The minimum atomic E-state index is -1.22. The Bertz CT molecular complexity index is 103. The lowest BCUT2D eigenvalue weighted by atomic mass is 10.8. The van der Waals surface area contributed by atoms with Gasteiger partial charge in [-0.15, -0.1) is 0 Å². The van der Waals surface area contributed by atoms with Crippen LogP contribution in [0.4, 0.5) is 0 Å². The van der Waals surface area contributed by atoms with Gasteiger partial charge in [-0.1, -0.05) is 0 Å². The number of hydrogen-bond donors (Lipinski definition) is 0. The maximum atomic E-state index is 10.4. The molecule has 1 unspecified atom stereocenters. The van der Waals surface area contributed by atoms with Gasteiger partial charge in [0.2, 0.25) is 0 Å². The van der Waals surface area contributed by atoms with Crippen molar-refractivity contribution in [3.63, 3.8) is 0 Å². The van der Waals surface area contributed by atoms with Crippen molar-refractivity contribution < 1.29 is 14.0 Å². The van der Waals surface area contributed by atoms with Crippen LogP contribution in [0.5, 0.6) is 0 Å². The molecule has 0 N–H and O–H groups in total. The van der Waals surface area contributed by atoms with Gasteiger partial charge in [-0.3, -0.25) is 4.79 Å². The van der Waals surface area contributed by atoms with Crippen LogP contribution in [0.25, 0.3) is 0 Å². The predicted molar refractivity (Wildman–Crippen MR) is 29.9 cm³/mol. The normalized spacial score (nSPS) is 29.6. The Labute approximate surface area is 49.3 Å². The number of carbonyl (C=O) groups is 1. The van der Waals surface area contributed by atoms with Gasteiger partial charge in [0.15, 0.2) is 0 Å². The third-order valence-corrected chi connectivity index (χ3v) is 2.28. The van der Waals surface area contributed by atoms with Gasteiger partial charge in [-0.25, -0.2) is 0 Å². The van der Waals surface area contributed by atoms with E-state index in [-0.39, 0.29) is 12.6 Å². The van der Waals surface area contributed by atoms with E-state index in [4.69, 9.17) is 9.16 Å². The molecule has 0 aromatic carbocycles. The van der Waals surface area contributed by atoms with Crippen molar-refractivity contribution in [2.24, 2.45) is 0 Å². The maximum absolute atomic E-state index is 10.4. The molecule has 0 radical (unpaired) electrons. The summed E-state index contributed by atoms with van der Waals surface area (Å²) in [6, 6.07) is 0. The molecule has 1 aliphatic heterocycles. The van der Waals surface area contributed by atoms with Gasteiger partial charge in [0, 0.05) is 0 Å². The lowest BCUT2D eigenvalue weighted by molar-refractivity contribution is -0.142. The molecular weight excluding hydrogens is 124 g/mol. The van der Waals surface area contributed by atoms with Crippen LogP contribution in [0.2, 0.25) is 6.55 Å². The topological polar surface area (TPSA) is 35.5 Å². The molecule has 0 aliphatic carbocycles. The average Bonchev–Trinajstić information content (AvgIpc) is 1.64. The van der Waals surface area contributed by atoms with Gasteiger partial charge in [-0.05, 0) is 6.55 Å². The molecule has 46 valence electrons. The van der Waals surface area contributed by atoms with Crippen molar-refractivity contribution in [1.29, 1.82) is 0 Å². The standard InChI is InChI=1S/C4H8O3Si/c1-8-3-6-2-4(5)7-8/h8H,2-3H2,1H3. The third-order valence-electron chi connectivity index (χ3n) is 0.905. The quantitative estimate of drug-likeness (QED) is 0.415. The first-order chi connectivity index (χ1) is 3.79. The SMILES string of the molecule is C[SiH]1COCC(=O)O1. The van der Waals surface area contributed by atoms with E-state index >= 15 is 0 Å². The summed E-state index contributed by atoms with van der Waals surface area (Å²) in [5.41, 5.74) is 0. The molecule has 1 aliphatic rings. The number of ether oxygens (including phenoxy) is 1. The summed E-state index contributed by atoms with van der Waals surface area (Å²) in [7, 11) is -1.22. The predicted octanol–water partition coefficient (Wildman–Crippen LogP) is -0.547. The molecule has 1 atom stereocenters. The first-order valence-electron chi connectivity index (χ1n) is 2.56. The van der Waals surface area contributed by atoms with E-state index in [0.717, 1.165) is 0 Å². The molecule has 3 nitrogen and oxygen atoms in total. The second kappa shape index (κ2) is 2.28. The van der Waals surface area contributed by atoms with E-state index in [1.54, 1.807) is 0 Å². The van der Waals surface area contributed by atoms with Crippen LogP contribution in [0.15, 0.2) is 0 Å². The second-order valence-corrected chi connectivity index (χ2v) is 4.01. The minimum absolute atomic E-state index is 0.150. The highest BCUT2D eigenvalue weighted by atomic mass is 28.3. The highest BCUT2D eigenvalue weighted by Gasteiger charge is 2.17. The fraction of sp³-hybridized carbons (Fsp3) is 0.750. The fourth-order valence-electron chi connectivity index (χ4n) is 0.601. The summed E-state index contributed by atoms with van der Waals surface area (Å²) < 4.78 is 9.74. The zero-order valence-corrected chi connectivity index (χ0v) is 5.87. The van der Waals surface area contributed by atoms with E-state index in [0.29, 0.717) is 6.23 Å². The van der Waals surface area contributed by atoms with E-state index in [1.807, 2.05) is 6.55 Å². The summed E-state index contributed by atoms with van der Waals surface area (Å²) in [5.74, 6) is -0.199. The molecular formula is C4H8O3Si. The highest BCUT2D eigenvalue weighted by Crippen LogP contribution is 1.95. The first kappa shape index (κ1) is 5.78. The number of hydrogen-bond acceptors (Lipinski definition) is 3. The van der Waals surface area contributed by atoms with E-state index in [1.165, 1.54) is 0 Å². The molecule has 0 bridgehead atoms. The van der Waals surface area contributed by atoms with Crippen LogP contribution in [-0.4, -0.2) is 27.8 Å². The summed E-state index contributed by atoms with van der Waals surface area (Å²) >= 11 is 0. The summed E-state index contributed by atoms with van der Waals surface area (Å²) in [5, 5.41) is 0. The van der Waals surface area contributed by atoms with Crippen LogP contribution in [0, 0.1) is 0 Å². The van der Waals surface area contributed by atoms with Gasteiger partial charge in [-0.2, -0.15) is 0 Å². The fourth-order valence-corrected chi connectivity index (χ4v) is 1.64. The Kier molecular flexibility index (Phi) is 1.64. The lowest BCUT2D eigenvalue weighted by Gasteiger charge is -2.16. The second-order valence-electron chi connectivity index (χ2n) is 1.82. The van der Waals surface area contributed by atoms with Crippen molar-refractivity contribution in [2.45, 2.75) is 6.55 Å². The third kappa shape index (κ3) is 1.31. The number of carbonyl (C=O) groups excluding carboxylic acids is 1. The van der Waals surface area contributed by atoms with Gasteiger partial charge in [0.25, 0.3) is 9.04 Å². The summed E-state index contributed by atoms with van der Waals surface area (Å²) in [4.78, 5) is 10.4. The lowest BCUT2D eigenvalue weighted by Crippen LogP contribution is -2.33. The van der Waals surface area contributed by atoms with E-state index in [2.05, 4.69) is 0 Å². The molecule has 1 saturated heterocycles. The maximum Gasteiger partial charge on any atom is 0.318 e. The van der Waals surface area contributed by atoms with Crippen molar-refractivity contribution in [1.82, 2.24) is 0 Å². The van der Waals surface area contributed by atoms with Crippen LogP contribution in [0.1, 0.15) is 0 Å². The molecule has 4 heteroatoms. The molecule has 0 saturated carbocycles. The Hall–Kier alpha value is -0.353. The highest BCUT2D eigenvalue weighted by molar-refractivity contribution is 6.52. The van der Waals surface area contributed by atoms with Gasteiger partial charge in [0.1, 0.15) is 6.61 Å². The van der Waals surface area contributed by atoms with Gasteiger partial charge < -0.3 is 9.16 Å². The molecule has 1 heterocycles. The molecule has 0 aromatic rings. The van der Waals surface area contributed by atoms with Crippen molar-refractivity contribution in [3.05, 3.63) is 0 Å². The number of rotatable bonds is 0. The Morgan fingerprint density at radius 2 is 2.50 bits per heavy atom. The van der Waals surface area contributed by atoms with E-state index in [9.17, 15) is 4.79 Å². The smallest absolute Gasteiger partial charge is 0.318 e. The van der Waals surface area contributed by atoms with Crippen LogP contribution in [-0.2, 0) is 14.0 Å². The average molecular weight is 132 g/mol. The van der Waals surface area contributed by atoms with Crippen LogP contribution >= 0.6 is 0 Å². The van der Waals surface area contributed by atoms with Gasteiger partial charge >= 0.3 is 5.97 Å². The van der Waals surface area contributed by atoms with Crippen molar-refractivity contribution in [3.8, 4) is 0 Å². The molecule has 1 rings (SSSR count). The largest absolute Gasteiger partial charge is 0.518 e. The molecule has 0 aromatic heterocycles. The van der Waals surface area contributed by atoms with Gasteiger partial charge in [0.05, 0.1) is 6.23 Å². The summed E-state index contributed by atoms with van der Waals surface area (Å²) in [6.07, 6.45) is 0.672. The molecule has 0 spiro atoms. The molecule has 0 amide bonds. The zero-order chi connectivity index (χ0) is 5.98. The van der Waals surface area contributed by atoms with Crippen LogP contribution in [0.3, 0.4) is 0 Å². The first-order valence-corrected chi connectivity index (χ1v) is 5.00. The zero-order valence-electron chi connectivity index (χ0n) is 4.72. The minimum Gasteiger partial charge on any atom is -0.518 e. The molecule has 8 heavy (non-hydrogen) atoms. The Balaban J connectivity index is 2.34. The molecule has 1 fully saturated rings. The van der Waals surface area contributed by atoms with Crippen LogP contribution < -0.4 is 0 Å². The summed E-state index contributed by atoms with van der Waals surface area (Å²) in [6.45, 7) is 2.09. The monoisotopic (exact) mass is 132 g/mol.